The molecule has 20 heavy (non-hydrogen) atoms. The predicted octanol–water partition coefficient (Wildman–Crippen LogP) is 0.597. The van der Waals surface area contributed by atoms with E-state index in [2.05, 4.69) is 0 Å². The van der Waals surface area contributed by atoms with E-state index < -0.39 is 22.0 Å². The summed E-state index contributed by atoms with van der Waals surface area (Å²) in [6, 6.07) is -0.391. The van der Waals surface area contributed by atoms with Crippen LogP contribution in [0.2, 0.25) is 0 Å². The number of hydrogen-bond acceptors (Lipinski definition) is 4. The van der Waals surface area contributed by atoms with Crippen LogP contribution in [-0.4, -0.2) is 67.2 Å². The molecule has 116 valence electrons. The minimum Gasteiger partial charge on any atom is -0.480 e. The summed E-state index contributed by atoms with van der Waals surface area (Å²) >= 11 is 0. The number of nitrogens with zero attached hydrogens (tertiary/aromatic N) is 2. The molecule has 0 aromatic rings. The second kappa shape index (κ2) is 6.41. The van der Waals surface area contributed by atoms with E-state index in [1.807, 2.05) is 4.90 Å². The van der Waals surface area contributed by atoms with Crippen molar-refractivity contribution in [2.75, 3.05) is 32.4 Å². The fourth-order valence-corrected chi connectivity index (χ4v) is 4.24. The molecule has 0 amide bonds. The van der Waals surface area contributed by atoms with Crippen molar-refractivity contribution < 1.29 is 18.3 Å². The summed E-state index contributed by atoms with van der Waals surface area (Å²) < 4.78 is 24.8. The van der Waals surface area contributed by atoms with Gasteiger partial charge in [0.05, 0.1) is 6.26 Å². The van der Waals surface area contributed by atoms with Crippen molar-refractivity contribution in [1.29, 1.82) is 0 Å². The summed E-state index contributed by atoms with van der Waals surface area (Å²) in [6.45, 7) is 2.63. The maximum absolute atomic E-state index is 11.6. The molecule has 2 fully saturated rings. The molecular weight excluding hydrogens is 280 g/mol. The lowest BCUT2D eigenvalue weighted by Gasteiger charge is -2.38. The van der Waals surface area contributed by atoms with Gasteiger partial charge >= 0.3 is 5.97 Å². The van der Waals surface area contributed by atoms with Gasteiger partial charge in [-0.1, -0.05) is 6.42 Å². The van der Waals surface area contributed by atoms with Crippen molar-refractivity contribution in [2.24, 2.45) is 5.92 Å². The number of sulfonamides is 1. The SMILES string of the molecule is CS(=O)(=O)N1CCCC(CN2CCCCC2C(=O)O)C1. The Balaban J connectivity index is 1.96. The molecular formula is C13H24N2O4S. The molecule has 2 unspecified atom stereocenters. The van der Waals surface area contributed by atoms with Gasteiger partial charge in [-0.25, -0.2) is 12.7 Å². The third-order valence-electron chi connectivity index (χ3n) is 4.34. The van der Waals surface area contributed by atoms with Crippen LogP contribution in [0.3, 0.4) is 0 Å². The molecule has 2 aliphatic rings. The summed E-state index contributed by atoms with van der Waals surface area (Å²) in [6.07, 6.45) is 5.80. The van der Waals surface area contributed by atoms with E-state index in [9.17, 15) is 18.3 Å². The average Bonchev–Trinajstić information content (AvgIpc) is 2.38. The first-order valence-electron chi connectivity index (χ1n) is 7.30. The van der Waals surface area contributed by atoms with Crippen LogP contribution in [0.15, 0.2) is 0 Å². The molecule has 0 radical (unpaired) electrons. The minimum absolute atomic E-state index is 0.249. The normalized spacial score (nSPS) is 30.2. The second-order valence-corrected chi connectivity index (χ2v) is 7.96. The highest BCUT2D eigenvalue weighted by Gasteiger charge is 2.32. The zero-order valence-electron chi connectivity index (χ0n) is 12.0. The molecule has 0 aromatic heterocycles. The summed E-state index contributed by atoms with van der Waals surface area (Å²) in [5, 5.41) is 9.27. The smallest absolute Gasteiger partial charge is 0.320 e. The number of rotatable bonds is 4. The topological polar surface area (TPSA) is 77.9 Å². The van der Waals surface area contributed by atoms with Gasteiger partial charge in [-0.05, 0) is 38.1 Å². The summed E-state index contributed by atoms with van der Waals surface area (Å²) in [4.78, 5) is 13.3. The predicted molar refractivity (Wildman–Crippen MR) is 76.0 cm³/mol. The summed E-state index contributed by atoms with van der Waals surface area (Å²) in [7, 11) is -3.13. The number of aliphatic carboxylic acids is 1. The number of likely N-dealkylation sites (tertiary alicyclic amines) is 1. The Labute approximate surface area is 120 Å². The highest BCUT2D eigenvalue weighted by molar-refractivity contribution is 7.88. The van der Waals surface area contributed by atoms with Crippen LogP contribution in [0.1, 0.15) is 32.1 Å². The molecule has 1 N–H and O–H groups in total. The number of piperidine rings is 2. The van der Waals surface area contributed by atoms with Crippen LogP contribution in [-0.2, 0) is 14.8 Å². The standard InChI is InChI=1S/C13H24N2O4S/c1-20(18,19)15-8-4-5-11(10-15)9-14-7-3-2-6-12(14)13(16)17/h11-12H,2-10H2,1H3,(H,16,17). The van der Waals surface area contributed by atoms with E-state index in [4.69, 9.17) is 0 Å². The van der Waals surface area contributed by atoms with Gasteiger partial charge < -0.3 is 5.11 Å². The molecule has 0 bridgehead atoms. The molecule has 2 rings (SSSR count). The van der Waals surface area contributed by atoms with Gasteiger partial charge in [0.15, 0.2) is 0 Å². The number of carboxylic acid groups (broad SMARTS) is 1. The Hall–Kier alpha value is -0.660. The molecule has 0 spiro atoms. The average molecular weight is 304 g/mol. The Bertz CT molecular complexity index is 451. The molecule has 2 heterocycles. The molecule has 2 saturated heterocycles. The van der Waals surface area contributed by atoms with Gasteiger partial charge in [0.1, 0.15) is 6.04 Å². The van der Waals surface area contributed by atoms with Crippen LogP contribution in [0.25, 0.3) is 0 Å². The van der Waals surface area contributed by atoms with Crippen LogP contribution >= 0.6 is 0 Å². The first kappa shape index (κ1) is 15.7. The van der Waals surface area contributed by atoms with Crippen LogP contribution in [0.5, 0.6) is 0 Å². The largest absolute Gasteiger partial charge is 0.480 e. The third kappa shape index (κ3) is 3.93. The second-order valence-electron chi connectivity index (χ2n) is 5.97. The maximum Gasteiger partial charge on any atom is 0.320 e. The van der Waals surface area contributed by atoms with E-state index in [0.717, 1.165) is 32.2 Å². The van der Waals surface area contributed by atoms with Crippen molar-refractivity contribution in [3.63, 3.8) is 0 Å². The quantitative estimate of drug-likeness (QED) is 0.823. The van der Waals surface area contributed by atoms with Gasteiger partial charge in [0, 0.05) is 19.6 Å². The highest BCUT2D eigenvalue weighted by Crippen LogP contribution is 2.24. The van der Waals surface area contributed by atoms with Crippen molar-refractivity contribution in [2.45, 2.75) is 38.1 Å². The highest BCUT2D eigenvalue weighted by atomic mass is 32.2. The van der Waals surface area contributed by atoms with Gasteiger partial charge in [-0.3, -0.25) is 9.69 Å². The Kier molecular flexibility index (Phi) is 5.04. The number of hydrogen-bond donors (Lipinski definition) is 1. The van der Waals surface area contributed by atoms with Crippen LogP contribution < -0.4 is 0 Å². The van der Waals surface area contributed by atoms with E-state index in [0.29, 0.717) is 26.1 Å². The maximum atomic E-state index is 11.6. The van der Waals surface area contributed by atoms with E-state index in [1.54, 1.807) is 0 Å². The fourth-order valence-electron chi connectivity index (χ4n) is 3.30. The fraction of sp³-hybridized carbons (Fsp3) is 0.923. The molecule has 7 heteroatoms. The lowest BCUT2D eigenvalue weighted by Crippen LogP contribution is -2.49. The lowest BCUT2D eigenvalue weighted by atomic mass is 9.95. The summed E-state index contributed by atoms with van der Waals surface area (Å²) in [5.74, 6) is -0.501. The van der Waals surface area contributed by atoms with Crippen molar-refractivity contribution in [3.05, 3.63) is 0 Å². The zero-order valence-corrected chi connectivity index (χ0v) is 12.8. The van der Waals surface area contributed by atoms with Crippen molar-refractivity contribution in [1.82, 2.24) is 9.21 Å². The van der Waals surface area contributed by atoms with Gasteiger partial charge in [0.25, 0.3) is 0 Å². The first-order chi connectivity index (χ1) is 9.38. The lowest BCUT2D eigenvalue weighted by molar-refractivity contribution is -0.145. The van der Waals surface area contributed by atoms with Gasteiger partial charge in [-0.15, -0.1) is 0 Å². The van der Waals surface area contributed by atoms with Gasteiger partial charge in [0.2, 0.25) is 10.0 Å². The Morgan fingerprint density at radius 2 is 1.95 bits per heavy atom. The third-order valence-corrected chi connectivity index (χ3v) is 5.61. The molecule has 6 nitrogen and oxygen atoms in total. The van der Waals surface area contributed by atoms with E-state index >= 15 is 0 Å². The van der Waals surface area contributed by atoms with E-state index in [1.165, 1.54) is 10.6 Å². The van der Waals surface area contributed by atoms with Crippen molar-refractivity contribution in [3.8, 4) is 0 Å². The Morgan fingerprint density at radius 1 is 1.20 bits per heavy atom. The Morgan fingerprint density at radius 3 is 2.60 bits per heavy atom. The first-order valence-corrected chi connectivity index (χ1v) is 9.14. The van der Waals surface area contributed by atoms with E-state index in [-0.39, 0.29) is 5.92 Å². The van der Waals surface area contributed by atoms with Gasteiger partial charge in [-0.2, -0.15) is 0 Å². The number of carbonyl (C=O) groups is 1. The zero-order chi connectivity index (χ0) is 14.8. The molecule has 0 saturated carbocycles. The minimum atomic E-state index is -3.13. The molecule has 0 aliphatic carbocycles. The molecule has 2 aliphatic heterocycles. The van der Waals surface area contributed by atoms with Crippen LogP contribution in [0, 0.1) is 5.92 Å². The molecule has 2 atom stereocenters. The monoisotopic (exact) mass is 304 g/mol. The van der Waals surface area contributed by atoms with Crippen LogP contribution in [0.4, 0.5) is 0 Å². The number of carboxylic acids is 1. The summed E-state index contributed by atoms with van der Waals surface area (Å²) in [5.41, 5.74) is 0. The molecule has 0 aromatic carbocycles. The van der Waals surface area contributed by atoms with Crippen molar-refractivity contribution >= 4 is 16.0 Å².